The topological polar surface area (TPSA) is 67.9 Å². The summed E-state index contributed by atoms with van der Waals surface area (Å²) in [4.78, 5) is 29.6. The average molecular weight is 561 g/mol. The van der Waals surface area contributed by atoms with Gasteiger partial charge in [0.25, 0.3) is 5.91 Å². The molecule has 1 aliphatic heterocycles. The smallest absolute Gasteiger partial charge is 0.416 e. The fourth-order valence-corrected chi connectivity index (χ4v) is 5.14. The number of benzene rings is 4. The maximum absolute atomic E-state index is 14.0. The predicted molar refractivity (Wildman–Crippen MR) is 148 cm³/mol. The second kappa shape index (κ2) is 11.4. The number of hydrogen-bond acceptors (Lipinski definition) is 4. The summed E-state index contributed by atoms with van der Waals surface area (Å²) in [5.41, 5.74) is 1.66. The van der Waals surface area contributed by atoms with Crippen molar-refractivity contribution in [2.24, 2.45) is 0 Å². The van der Waals surface area contributed by atoms with Crippen LogP contribution in [0.1, 0.15) is 44.6 Å². The van der Waals surface area contributed by atoms with Crippen molar-refractivity contribution in [2.45, 2.75) is 24.7 Å². The lowest BCUT2D eigenvalue weighted by Gasteiger charge is -2.42. The van der Waals surface area contributed by atoms with Gasteiger partial charge in [0.1, 0.15) is 11.5 Å². The van der Waals surface area contributed by atoms with Gasteiger partial charge in [0.15, 0.2) is 0 Å². The van der Waals surface area contributed by atoms with Crippen LogP contribution in [0.4, 0.5) is 18.9 Å². The molecule has 41 heavy (non-hydrogen) atoms. The number of amides is 2. The van der Waals surface area contributed by atoms with Gasteiger partial charge in [-0.3, -0.25) is 14.5 Å². The summed E-state index contributed by atoms with van der Waals surface area (Å²) in [6.45, 7) is -0.118. The Kier molecular flexibility index (Phi) is 7.70. The Bertz CT molecular complexity index is 1550. The summed E-state index contributed by atoms with van der Waals surface area (Å²) in [6, 6.07) is 25.0. The van der Waals surface area contributed by atoms with Gasteiger partial charge in [0.05, 0.1) is 31.7 Å². The lowest BCUT2D eigenvalue weighted by atomic mass is 9.78. The zero-order valence-corrected chi connectivity index (χ0v) is 22.3. The molecule has 4 aromatic carbocycles. The lowest BCUT2D eigenvalue weighted by Crippen LogP contribution is -2.47. The first-order valence-corrected chi connectivity index (χ1v) is 12.9. The molecule has 1 heterocycles. The van der Waals surface area contributed by atoms with Gasteiger partial charge in [-0.15, -0.1) is 0 Å². The number of methoxy groups -OCH3 is 2. The van der Waals surface area contributed by atoms with E-state index in [2.05, 4.69) is 5.32 Å². The predicted octanol–water partition coefficient (Wildman–Crippen LogP) is 6.52. The van der Waals surface area contributed by atoms with Crippen LogP contribution < -0.4 is 19.7 Å². The van der Waals surface area contributed by atoms with Crippen molar-refractivity contribution in [2.75, 3.05) is 19.1 Å². The van der Waals surface area contributed by atoms with E-state index in [1.165, 1.54) is 12.1 Å². The molecular weight excluding hydrogens is 533 g/mol. The number of ether oxygens (including phenoxy) is 2. The third-order valence-corrected chi connectivity index (χ3v) is 7.15. The molecular formula is C32H27F3N2O4. The van der Waals surface area contributed by atoms with Gasteiger partial charge >= 0.3 is 6.18 Å². The number of carbonyl (C=O) groups excluding carboxylic acids is 2. The summed E-state index contributed by atoms with van der Waals surface area (Å²) in [7, 11) is 3.09. The van der Waals surface area contributed by atoms with Gasteiger partial charge in [-0.1, -0.05) is 42.5 Å². The highest BCUT2D eigenvalue weighted by molar-refractivity contribution is 6.11. The van der Waals surface area contributed by atoms with Gasteiger partial charge in [-0.25, -0.2) is 0 Å². The first kappa shape index (κ1) is 27.8. The van der Waals surface area contributed by atoms with Crippen molar-refractivity contribution in [1.82, 2.24) is 5.32 Å². The Balaban J connectivity index is 1.58. The van der Waals surface area contributed by atoms with Crippen molar-refractivity contribution in [1.29, 1.82) is 0 Å². The summed E-state index contributed by atoms with van der Waals surface area (Å²) in [5.74, 6) is -0.367. The number of nitrogens with one attached hydrogen (secondary N) is 1. The molecule has 0 aliphatic carbocycles. The van der Waals surface area contributed by atoms with Crippen LogP contribution in [0.3, 0.4) is 0 Å². The van der Waals surface area contributed by atoms with E-state index in [9.17, 15) is 22.8 Å². The van der Waals surface area contributed by atoms with Crippen LogP contribution in [0.25, 0.3) is 0 Å². The molecule has 0 saturated carbocycles. The molecule has 0 fully saturated rings. The molecule has 4 aromatic rings. The van der Waals surface area contributed by atoms with Crippen molar-refractivity contribution < 1.29 is 32.2 Å². The van der Waals surface area contributed by atoms with E-state index < -0.39 is 29.6 Å². The number of alkyl halides is 3. The van der Waals surface area contributed by atoms with Gasteiger partial charge < -0.3 is 14.8 Å². The van der Waals surface area contributed by atoms with Crippen LogP contribution in [0, 0.1) is 0 Å². The van der Waals surface area contributed by atoms with Crippen LogP contribution >= 0.6 is 0 Å². The number of hydrogen-bond donors (Lipinski definition) is 1. The molecule has 0 bridgehead atoms. The molecule has 2 atom stereocenters. The van der Waals surface area contributed by atoms with Crippen molar-refractivity contribution in [3.05, 3.63) is 125 Å². The minimum atomic E-state index is -4.50. The number of halogens is 3. The number of nitrogens with zero attached hydrogens (tertiary/aromatic N) is 1. The third kappa shape index (κ3) is 5.61. The SMILES string of the molecule is COc1ccc([C@H]2[C@@H](C(=O)NCc3cccc(C(F)(F)F)c3)c3ccccc3C(=O)N2c2ccc(OC)cc2)cc1. The fourth-order valence-electron chi connectivity index (χ4n) is 5.14. The van der Waals surface area contributed by atoms with Crippen LogP contribution in [0.15, 0.2) is 97.1 Å². The van der Waals surface area contributed by atoms with E-state index >= 15 is 0 Å². The van der Waals surface area contributed by atoms with E-state index in [1.54, 1.807) is 91.9 Å². The van der Waals surface area contributed by atoms with Crippen molar-refractivity contribution >= 4 is 17.5 Å². The van der Waals surface area contributed by atoms with Gasteiger partial charge in [0, 0.05) is 17.8 Å². The van der Waals surface area contributed by atoms with Crippen LogP contribution in [-0.4, -0.2) is 26.0 Å². The molecule has 0 spiro atoms. The Morgan fingerprint density at radius 2 is 1.49 bits per heavy atom. The van der Waals surface area contributed by atoms with Gasteiger partial charge in [-0.05, 0) is 71.3 Å². The zero-order chi connectivity index (χ0) is 29.1. The van der Waals surface area contributed by atoms with E-state index in [-0.39, 0.29) is 12.5 Å². The fraction of sp³-hybridized carbons (Fsp3) is 0.188. The van der Waals surface area contributed by atoms with Crippen LogP contribution in [0.2, 0.25) is 0 Å². The van der Waals surface area contributed by atoms with E-state index in [0.717, 1.165) is 12.1 Å². The Labute approximate surface area is 235 Å². The van der Waals surface area contributed by atoms with E-state index in [4.69, 9.17) is 9.47 Å². The highest BCUT2D eigenvalue weighted by atomic mass is 19.4. The molecule has 6 nitrogen and oxygen atoms in total. The first-order valence-electron chi connectivity index (χ1n) is 12.9. The second-order valence-corrected chi connectivity index (χ2v) is 9.57. The standard InChI is InChI=1S/C32H27F3N2O4/c1-40-24-14-10-21(11-15-24)29-28(30(38)36-19-20-6-5-7-22(18-20)32(33,34)35)26-8-3-4-9-27(26)31(39)37(29)23-12-16-25(41-2)17-13-23/h3-18,28-29H,19H2,1-2H3,(H,36,38)/t28-,29-/m0/s1. The molecule has 0 unspecified atom stereocenters. The Hall–Kier alpha value is -4.79. The monoisotopic (exact) mass is 560 g/mol. The number of rotatable bonds is 7. The zero-order valence-electron chi connectivity index (χ0n) is 22.3. The summed E-state index contributed by atoms with van der Waals surface area (Å²) >= 11 is 0. The molecule has 1 N–H and O–H groups in total. The molecule has 210 valence electrons. The number of fused-ring (bicyclic) bond motifs is 1. The van der Waals surface area contributed by atoms with E-state index in [0.29, 0.717) is 39.4 Å². The number of anilines is 1. The molecule has 0 radical (unpaired) electrons. The molecule has 0 aromatic heterocycles. The highest BCUT2D eigenvalue weighted by Crippen LogP contribution is 2.45. The van der Waals surface area contributed by atoms with E-state index in [1.807, 2.05) is 0 Å². The largest absolute Gasteiger partial charge is 0.497 e. The van der Waals surface area contributed by atoms with Crippen molar-refractivity contribution in [3.8, 4) is 11.5 Å². The minimum Gasteiger partial charge on any atom is -0.497 e. The number of carbonyl (C=O) groups is 2. The lowest BCUT2D eigenvalue weighted by molar-refractivity contribution is -0.137. The highest BCUT2D eigenvalue weighted by Gasteiger charge is 2.45. The van der Waals surface area contributed by atoms with Crippen molar-refractivity contribution in [3.63, 3.8) is 0 Å². The molecule has 5 rings (SSSR count). The molecule has 1 aliphatic rings. The maximum Gasteiger partial charge on any atom is 0.416 e. The Morgan fingerprint density at radius 1 is 0.854 bits per heavy atom. The summed E-state index contributed by atoms with van der Waals surface area (Å²) < 4.78 is 50.4. The average Bonchev–Trinajstić information content (AvgIpc) is 2.99. The summed E-state index contributed by atoms with van der Waals surface area (Å²) in [6.07, 6.45) is -4.50. The summed E-state index contributed by atoms with van der Waals surface area (Å²) in [5, 5.41) is 2.83. The normalized spacial score (nSPS) is 16.6. The molecule has 9 heteroatoms. The molecule has 2 amide bonds. The van der Waals surface area contributed by atoms with Crippen LogP contribution in [0.5, 0.6) is 11.5 Å². The third-order valence-electron chi connectivity index (χ3n) is 7.15. The maximum atomic E-state index is 14.0. The minimum absolute atomic E-state index is 0.118. The Morgan fingerprint density at radius 3 is 2.12 bits per heavy atom. The second-order valence-electron chi connectivity index (χ2n) is 9.57. The van der Waals surface area contributed by atoms with Crippen LogP contribution in [-0.2, 0) is 17.5 Å². The first-order chi connectivity index (χ1) is 19.7. The van der Waals surface area contributed by atoms with Gasteiger partial charge in [0.2, 0.25) is 5.91 Å². The quantitative estimate of drug-likeness (QED) is 0.279. The van der Waals surface area contributed by atoms with Gasteiger partial charge in [-0.2, -0.15) is 13.2 Å². The molecule has 0 saturated heterocycles.